The lowest BCUT2D eigenvalue weighted by Crippen LogP contribution is -1.98. The van der Waals surface area contributed by atoms with Crippen LogP contribution in [0, 0.1) is 13.8 Å². The van der Waals surface area contributed by atoms with Crippen LogP contribution in [0.3, 0.4) is 0 Å². The number of anilines is 1. The molecule has 3 heteroatoms. The molecule has 2 rings (SSSR count). The summed E-state index contributed by atoms with van der Waals surface area (Å²) in [5, 5.41) is 3.28. The average molecular weight is 202 g/mol. The van der Waals surface area contributed by atoms with E-state index in [2.05, 4.69) is 42.3 Å². The van der Waals surface area contributed by atoms with Gasteiger partial charge in [-0.2, -0.15) is 0 Å². The minimum atomic E-state index is 0.669. The van der Waals surface area contributed by atoms with Crippen LogP contribution in [0.15, 0.2) is 35.2 Å². The van der Waals surface area contributed by atoms with Crippen LogP contribution in [-0.2, 0) is 6.54 Å². The highest BCUT2D eigenvalue weighted by atomic mass is 16.3. The Morgan fingerprint density at radius 2 is 2.13 bits per heavy atom. The summed E-state index contributed by atoms with van der Waals surface area (Å²) >= 11 is 0. The topological polar surface area (TPSA) is 38.1 Å². The van der Waals surface area contributed by atoms with Crippen LogP contribution in [-0.4, -0.2) is 4.98 Å². The van der Waals surface area contributed by atoms with Crippen molar-refractivity contribution < 1.29 is 4.42 Å². The Balaban J connectivity index is 2.02. The van der Waals surface area contributed by atoms with E-state index >= 15 is 0 Å². The standard InChI is InChI=1S/C12H14N2O/c1-9-3-4-11(5-10(9)2)14-7-12-6-13-8-15-12/h3-6,8,14H,7H2,1-2H3. The van der Waals surface area contributed by atoms with Gasteiger partial charge in [-0.05, 0) is 37.1 Å². The molecule has 0 aliphatic heterocycles. The second kappa shape index (κ2) is 4.17. The van der Waals surface area contributed by atoms with Crippen molar-refractivity contribution in [3.05, 3.63) is 47.7 Å². The van der Waals surface area contributed by atoms with Crippen LogP contribution >= 0.6 is 0 Å². The molecule has 0 radical (unpaired) electrons. The number of aryl methyl sites for hydroxylation is 2. The zero-order valence-corrected chi connectivity index (χ0v) is 8.95. The van der Waals surface area contributed by atoms with Gasteiger partial charge in [0, 0.05) is 5.69 Å². The number of hydrogen-bond donors (Lipinski definition) is 1. The largest absolute Gasteiger partial charge is 0.447 e. The first kappa shape index (κ1) is 9.77. The molecular weight excluding hydrogens is 188 g/mol. The Bertz CT molecular complexity index is 435. The number of hydrogen-bond acceptors (Lipinski definition) is 3. The zero-order chi connectivity index (χ0) is 10.7. The lowest BCUT2D eigenvalue weighted by molar-refractivity contribution is 0.512. The van der Waals surface area contributed by atoms with Gasteiger partial charge >= 0.3 is 0 Å². The van der Waals surface area contributed by atoms with Crippen molar-refractivity contribution in [2.24, 2.45) is 0 Å². The maximum atomic E-state index is 5.14. The molecule has 0 spiro atoms. The molecule has 0 saturated heterocycles. The lowest BCUT2D eigenvalue weighted by Gasteiger charge is -2.06. The number of nitrogens with one attached hydrogen (secondary N) is 1. The van der Waals surface area contributed by atoms with E-state index in [4.69, 9.17) is 4.42 Å². The van der Waals surface area contributed by atoms with E-state index in [-0.39, 0.29) is 0 Å². The number of rotatable bonds is 3. The maximum absolute atomic E-state index is 5.14. The molecule has 1 aromatic carbocycles. The van der Waals surface area contributed by atoms with Crippen molar-refractivity contribution >= 4 is 5.69 Å². The molecule has 0 aliphatic rings. The summed E-state index contributed by atoms with van der Waals surface area (Å²) in [6.45, 7) is 4.88. The minimum absolute atomic E-state index is 0.669. The third kappa shape index (κ3) is 2.37. The summed E-state index contributed by atoms with van der Waals surface area (Å²) in [5.74, 6) is 0.841. The second-order valence-corrected chi connectivity index (χ2v) is 3.62. The number of aromatic nitrogens is 1. The van der Waals surface area contributed by atoms with Crippen molar-refractivity contribution in [3.8, 4) is 0 Å². The van der Waals surface area contributed by atoms with E-state index in [0.717, 1.165) is 11.4 Å². The Morgan fingerprint density at radius 1 is 1.27 bits per heavy atom. The van der Waals surface area contributed by atoms with Gasteiger partial charge in [0.05, 0.1) is 12.7 Å². The molecule has 0 unspecified atom stereocenters. The average Bonchev–Trinajstić information content (AvgIpc) is 2.73. The maximum Gasteiger partial charge on any atom is 0.180 e. The summed E-state index contributed by atoms with van der Waals surface area (Å²) < 4.78 is 5.14. The Hall–Kier alpha value is -1.77. The van der Waals surface area contributed by atoms with Gasteiger partial charge in [0.1, 0.15) is 5.76 Å². The first-order valence-corrected chi connectivity index (χ1v) is 4.94. The summed E-state index contributed by atoms with van der Waals surface area (Å²) in [5.41, 5.74) is 3.70. The second-order valence-electron chi connectivity index (χ2n) is 3.62. The van der Waals surface area contributed by atoms with Crippen molar-refractivity contribution in [1.29, 1.82) is 0 Å². The van der Waals surface area contributed by atoms with Gasteiger partial charge < -0.3 is 9.73 Å². The molecule has 0 atom stereocenters. The van der Waals surface area contributed by atoms with E-state index in [0.29, 0.717) is 6.54 Å². The normalized spacial score (nSPS) is 10.3. The number of nitrogens with zero attached hydrogens (tertiary/aromatic N) is 1. The Kier molecular flexibility index (Phi) is 2.72. The van der Waals surface area contributed by atoms with Gasteiger partial charge in [-0.25, -0.2) is 4.98 Å². The highest BCUT2D eigenvalue weighted by molar-refractivity contribution is 5.48. The van der Waals surface area contributed by atoms with Crippen molar-refractivity contribution in [3.63, 3.8) is 0 Å². The predicted octanol–water partition coefficient (Wildman–Crippen LogP) is 2.90. The summed E-state index contributed by atoms with van der Waals surface area (Å²) in [4.78, 5) is 3.86. The van der Waals surface area contributed by atoms with Crippen LogP contribution in [0.2, 0.25) is 0 Å². The first-order valence-electron chi connectivity index (χ1n) is 4.94. The SMILES string of the molecule is Cc1ccc(NCc2cnco2)cc1C. The predicted molar refractivity (Wildman–Crippen MR) is 59.7 cm³/mol. The van der Waals surface area contributed by atoms with Gasteiger partial charge in [0.25, 0.3) is 0 Å². The molecule has 0 amide bonds. The highest BCUT2D eigenvalue weighted by Gasteiger charge is 1.98. The van der Waals surface area contributed by atoms with Crippen LogP contribution in [0.1, 0.15) is 16.9 Å². The van der Waals surface area contributed by atoms with Gasteiger partial charge in [-0.3, -0.25) is 0 Å². The summed E-state index contributed by atoms with van der Waals surface area (Å²) in [6.07, 6.45) is 3.16. The zero-order valence-electron chi connectivity index (χ0n) is 8.95. The number of oxazole rings is 1. The van der Waals surface area contributed by atoms with Gasteiger partial charge in [-0.1, -0.05) is 6.07 Å². The highest BCUT2D eigenvalue weighted by Crippen LogP contribution is 2.14. The molecule has 0 fully saturated rings. The van der Waals surface area contributed by atoms with Crippen LogP contribution in [0.4, 0.5) is 5.69 Å². The van der Waals surface area contributed by atoms with E-state index in [1.165, 1.54) is 17.5 Å². The molecular formula is C12H14N2O. The molecule has 1 N–H and O–H groups in total. The van der Waals surface area contributed by atoms with Crippen LogP contribution in [0.25, 0.3) is 0 Å². The third-order valence-electron chi connectivity index (χ3n) is 2.46. The fraction of sp³-hybridized carbons (Fsp3) is 0.250. The van der Waals surface area contributed by atoms with Crippen molar-refractivity contribution in [2.75, 3.05) is 5.32 Å². The van der Waals surface area contributed by atoms with Crippen molar-refractivity contribution in [2.45, 2.75) is 20.4 Å². The van der Waals surface area contributed by atoms with E-state index in [1.54, 1.807) is 6.20 Å². The smallest absolute Gasteiger partial charge is 0.180 e. The molecule has 1 heterocycles. The molecule has 15 heavy (non-hydrogen) atoms. The minimum Gasteiger partial charge on any atom is -0.447 e. The van der Waals surface area contributed by atoms with Crippen molar-refractivity contribution in [1.82, 2.24) is 4.98 Å². The first-order chi connectivity index (χ1) is 7.25. The molecule has 3 nitrogen and oxygen atoms in total. The molecule has 0 saturated carbocycles. The van der Waals surface area contributed by atoms with Crippen LogP contribution < -0.4 is 5.32 Å². The monoisotopic (exact) mass is 202 g/mol. The van der Waals surface area contributed by atoms with Gasteiger partial charge in [-0.15, -0.1) is 0 Å². The lowest BCUT2D eigenvalue weighted by atomic mass is 10.1. The van der Waals surface area contributed by atoms with E-state index in [1.807, 2.05) is 0 Å². The molecule has 1 aromatic heterocycles. The van der Waals surface area contributed by atoms with E-state index in [9.17, 15) is 0 Å². The Labute approximate surface area is 89.1 Å². The molecule has 78 valence electrons. The molecule has 0 aliphatic carbocycles. The summed E-state index contributed by atoms with van der Waals surface area (Å²) in [7, 11) is 0. The van der Waals surface area contributed by atoms with E-state index < -0.39 is 0 Å². The number of benzene rings is 1. The van der Waals surface area contributed by atoms with Gasteiger partial charge in [0.2, 0.25) is 0 Å². The fourth-order valence-corrected chi connectivity index (χ4v) is 1.37. The third-order valence-corrected chi connectivity index (χ3v) is 2.46. The fourth-order valence-electron chi connectivity index (χ4n) is 1.37. The molecule has 2 aromatic rings. The Morgan fingerprint density at radius 3 is 2.80 bits per heavy atom. The van der Waals surface area contributed by atoms with Gasteiger partial charge in [0.15, 0.2) is 6.39 Å². The van der Waals surface area contributed by atoms with Crippen LogP contribution in [0.5, 0.6) is 0 Å². The summed E-state index contributed by atoms with van der Waals surface area (Å²) in [6, 6.07) is 6.31. The quantitative estimate of drug-likeness (QED) is 0.831. The molecule has 0 bridgehead atoms.